The van der Waals surface area contributed by atoms with Crippen LogP contribution in [0.2, 0.25) is 5.02 Å². The number of hydrogen-bond donors (Lipinski definition) is 0. The summed E-state index contributed by atoms with van der Waals surface area (Å²) in [6, 6.07) is 6.79. The normalized spacial score (nSPS) is 22.4. The zero-order valence-corrected chi connectivity index (χ0v) is 12.2. The number of nitrogens with zero attached hydrogens (tertiary/aromatic N) is 1. The number of anilines is 1. The standard InChI is InChI=1S/C15H16ClNO3/c1-10(18)7-8-15(2)13(19)9-17(14(15)20)12-5-3-11(16)4-6-12/h3-6H,7-9H2,1-2H3. The van der Waals surface area contributed by atoms with Gasteiger partial charge in [0, 0.05) is 17.1 Å². The largest absolute Gasteiger partial charge is 0.304 e. The predicted molar refractivity (Wildman–Crippen MR) is 76.8 cm³/mol. The van der Waals surface area contributed by atoms with Crippen LogP contribution >= 0.6 is 11.6 Å². The molecule has 0 radical (unpaired) electrons. The molecule has 4 nitrogen and oxygen atoms in total. The van der Waals surface area contributed by atoms with Gasteiger partial charge in [0.1, 0.15) is 11.2 Å². The minimum absolute atomic E-state index is 0.0169. The number of benzene rings is 1. The van der Waals surface area contributed by atoms with Gasteiger partial charge in [-0.15, -0.1) is 0 Å². The summed E-state index contributed by atoms with van der Waals surface area (Å²) >= 11 is 5.82. The number of amides is 1. The molecular weight excluding hydrogens is 278 g/mol. The van der Waals surface area contributed by atoms with Crippen molar-refractivity contribution in [3.63, 3.8) is 0 Å². The van der Waals surface area contributed by atoms with Gasteiger partial charge in [0.25, 0.3) is 0 Å². The first-order chi connectivity index (χ1) is 9.34. The Labute approximate surface area is 122 Å². The van der Waals surface area contributed by atoms with Gasteiger partial charge in [-0.3, -0.25) is 9.59 Å². The van der Waals surface area contributed by atoms with Crippen molar-refractivity contribution in [2.24, 2.45) is 5.41 Å². The van der Waals surface area contributed by atoms with Gasteiger partial charge >= 0.3 is 0 Å². The van der Waals surface area contributed by atoms with E-state index in [0.29, 0.717) is 10.7 Å². The van der Waals surface area contributed by atoms with E-state index in [1.165, 1.54) is 11.8 Å². The third-order valence-corrected chi connectivity index (χ3v) is 4.00. The van der Waals surface area contributed by atoms with E-state index in [-0.39, 0.29) is 36.9 Å². The number of carbonyl (C=O) groups is 3. The monoisotopic (exact) mass is 293 g/mol. The molecule has 1 saturated heterocycles. The summed E-state index contributed by atoms with van der Waals surface area (Å²) in [6.07, 6.45) is 0.506. The van der Waals surface area contributed by atoms with Crippen molar-refractivity contribution in [1.29, 1.82) is 0 Å². The van der Waals surface area contributed by atoms with Gasteiger partial charge in [-0.2, -0.15) is 0 Å². The molecule has 2 rings (SSSR count). The van der Waals surface area contributed by atoms with Crippen molar-refractivity contribution in [2.45, 2.75) is 26.7 Å². The second-order valence-corrected chi connectivity index (χ2v) is 5.76. The Morgan fingerprint density at radius 2 is 1.90 bits per heavy atom. The fraction of sp³-hybridized carbons (Fsp3) is 0.400. The first-order valence-electron chi connectivity index (χ1n) is 6.45. The molecule has 1 amide bonds. The number of hydrogen-bond acceptors (Lipinski definition) is 3. The van der Waals surface area contributed by atoms with E-state index in [0.717, 1.165) is 0 Å². The highest BCUT2D eigenvalue weighted by molar-refractivity contribution is 6.30. The van der Waals surface area contributed by atoms with Crippen LogP contribution < -0.4 is 4.90 Å². The number of carbonyl (C=O) groups excluding carboxylic acids is 3. The highest BCUT2D eigenvalue weighted by Crippen LogP contribution is 2.36. The predicted octanol–water partition coefficient (Wildman–Crippen LogP) is 2.63. The summed E-state index contributed by atoms with van der Waals surface area (Å²) in [7, 11) is 0. The number of Topliss-reactive ketones (excluding diaryl/α,β-unsaturated/α-hetero) is 2. The van der Waals surface area contributed by atoms with Crippen molar-refractivity contribution < 1.29 is 14.4 Å². The number of halogens is 1. The van der Waals surface area contributed by atoms with Gasteiger partial charge in [0.05, 0.1) is 6.54 Å². The molecule has 1 aromatic rings. The van der Waals surface area contributed by atoms with Crippen molar-refractivity contribution in [2.75, 3.05) is 11.4 Å². The summed E-state index contributed by atoms with van der Waals surface area (Å²) in [6.45, 7) is 3.13. The van der Waals surface area contributed by atoms with Crippen LogP contribution in [0, 0.1) is 5.41 Å². The average molecular weight is 294 g/mol. The molecule has 0 spiro atoms. The van der Waals surface area contributed by atoms with Crippen LogP contribution in [0.15, 0.2) is 24.3 Å². The van der Waals surface area contributed by atoms with Crippen LogP contribution in [0.3, 0.4) is 0 Å². The molecule has 1 aliphatic heterocycles. The Hall–Kier alpha value is -1.68. The summed E-state index contributed by atoms with van der Waals surface area (Å²) in [5, 5.41) is 0.575. The molecule has 106 valence electrons. The quantitative estimate of drug-likeness (QED) is 0.802. The minimum Gasteiger partial charge on any atom is -0.304 e. The van der Waals surface area contributed by atoms with Crippen molar-refractivity contribution in [3.8, 4) is 0 Å². The first kappa shape index (κ1) is 14.7. The number of ketones is 2. The lowest BCUT2D eigenvalue weighted by Crippen LogP contribution is -2.34. The fourth-order valence-electron chi connectivity index (χ4n) is 2.31. The van der Waals surface area contributed by atoms with Crippen LogP contribution in [0.5, 0.6) is 0 Å². The molecule has 1 unspecified atom stereocenters. The molecule has 0 aromatic heterocycles. The van der Waals surface area contributed by atoms with Crippen LogP contribution in [0.4, 0.5) is 5.69 Å². The third kappa shape index (κ3) is 2.61. The second-order valence-electron chi connectivity index (χ2n) is 5.33. The highest BCUT2D eigenvalue weighted by atomic mass is 35.5. The highest BCUT2D eigenvalue weighted by Gasteiger charge is 2.50. The van der Waals surface area contributed by atoms with E-state index in [4.69, 9.17) is 11.6 Å². The molecular formula is C15H16ClNO3. The van der Waals surface area contributed by atoms with E-state index in [9.17, 15) is 14.4 Å². The lowest BCUT2D eigenvalue weighted by atomic mass is 9.82. The van der Waals surface area contributed by atoms with Gasteiger partial charge in [0.2, 0.25) is 5.91 Å². The Morgan fingerprint density at radius 3 is 2.45 bits per heavy atom. The molecule has 0 saturated carbocycles. The van der Waals surface area contributed by atoms with Gasteiger partial charge < -0.3 is 9.69 Å². The summed E-state index contributed by atoms with van der Waals surface area (Å²) < 4.78 is 0. The SMILES string of the molecule is CC(=O)CCC1(C)C(=O)CN(c2ccc(Cl)cc2)C1=O. The molecule has 1 heterocycles. The van der Waals surface area contributed by atoms with E-state index in [2.05, 4.69) is 0 Å². The van der Waals surface area contributed by atoms with Crippen LogP contribution in [0.1, 0.15) is 26.7 Å². The Kier molecular flexibility index (Phi) is 3.95. The molecule has 5 heteroatoms. The molecule has 20 heavy (non-hydrogen) atoms. The average Bonchev–Trinajstić information content (AvgIpc) is 2.63. The molecule has 1 aliphatic rings. The molecule has 0 bridgehead atoms. The zero-order valence-electron chi connectivity index (χ0n) is 11.5. The van der Waals surface area contributed by atoms with Crippen molar-refractivity contribution in [1.82, 2.24) is 0 Å². The molecule has 1 aromatic carbocycles. The minimum atomic E-state index is -1.09. The summed E-state index contributed by atoms with van der Waals surface area (Å²) in [5.41, 5.74) is -0.440. The van der Waals surface area contributed by atoms with E-state index in [1.807, 2.05) is 0 Å². The van der Waals surface area contributed by atoms with E-state index < -0.39 is 5.41 Å². The topological polar surface area (TPSA) is 54.5 Å². The molecule has 0 aliphatic carbocycles. The summed E-state index contributed by atoms with van der Waals surface area (Å²) in [5.74, 6) is -0.401. The maximum atomic E-state index is 12.5. The van der Waals surface area contributed by atoms with Gasteiger partial charge in [-0.25, -0.2) is 0 Å². The Morgan fingerprint density at radius 1 is 1.30 bits per heavy atom. The van der Waals surface area contributed by atoms with Gasteiger partial charge in [-0.05, 0) is 44.5 Å². The number of rotatable bonds is 4. The van der Waals surface area contributed by atoms with E-state index >= 15 is 0 Å². The lowest BCUT2D eigenvalue weighted by molar-refractivity contribution is -0.134. The van der Waals surface area contributed by atoms with Crippen LogP contribution in [-0.4, -0.2) is 24.0 Å². The molecule has 1 fully saturated rings. The zero-order chi connectivity index (χ0) is 14.9. The fourth-order valence-corrected chi connectivity index (χ4v) is 2.43. The molecule has 1 atom stereocenters. The smallest absolute Gasteiger partial charge is 0.240 e. The second kappa shape index (κ2) is 5.37. The maximum absolute atomic E-state index is 12.5. The third-order valence-electron chi connectivity index (χ3n) is 3.75. The van der Waals surface area contributed by atoms with Crippen LogP contribution in [-0.2, 0) is 14.4 Å². The van der Waals surface area contributed by atoms with Gasteiger partial charge in [-0.1, -0.05) is 11.6 Å². The van der Waals surface area contributed by atoms with Crippen LogP contribution in [0.25, 0.3) is 0 Å². The first-order valence-corrected chi connectivity index (χ1v) is 6.82. The Balaban J connectivity index is 2.24. The summed E-state index contributed by atoms with van der Waals surface area (Å²) in [4.78, 5) is 37.2. The van der Waals surface area contributed by atoms with Crippen molar-refractivity contribution in [3.05, 3.63) is 29.3 Å². The van der Waals surface area contributed by atoms with Gasteiger partial charge in [0.15, 0.2) is 5.78 Å². The Bertz CT molecular complexity index is 567. The molecule has 0 N–H and O–H groups in total. The maximum Gasteiger partial charge on any atom is 0.240 e. The van der Waals surface area contributed by atoms with E-state index in [1.54, 1.807) is 31.2 Å². The van der Waals surface area contributed by atoms with Crippen molar-refractivity contribution >= 4 is 34.8 Å². The lowest BCUT2D eigenvalue weighted by Gasteiger charge is -2.21.